The average Bonchev–Trinajstić information content (AvgIpc) is 3.56. The van der Waals surface area contributed by atoms with E-state index >= 15 is 0 Å². The summed E-state index contributed by atoms with van der Waals surface area (Å²) in [4.78, 5) is 6.90. The van der Waals surface area contributed by atoms with Crippen molar-refractivity contribution in [3.8, 4) is 17.1 Å². The summed E-state index contributed by atoms with van der Waals surface area (Å²) in [7, 11) is 1.63. The molecule has 6 nitrogen and oxygen atoms in total. The summed E-state index contributed by atoms with van der Waals surface area (Å²) in [6.07, 6.45) is 5.49. The van der Waals surface area contributed by atoms with Crippen molar-refractivity contribution in [3.05, 3.63) is 42.1 Å². The minimum absolute atomic E-state index is 0.576. The fourth-order valence-corrected chi connectivity index (χ4v) is 6.17. The molecule has 0 spiro atoms. The van der Waals surface area contributed by atoms with Crippen molar-refractivity contribution in [1.29, 1.82) is 0 Å². The zero-order chi connectivity index (χ0) is 20.9. The normalized spacial score (nSPS) is 28.5. The number of hydrogen-bond acceptors (Lipinski definition) is 5. The van der Waals surface area contributed by atoms with E-state index in [0.717, 1.165) is 47.2 Å². The van der Waals surface area contributed by atoms with Gasteiger partial charge < -0.3 is 9.47 Å². The van der Waals surface area contributed by atoms with Gasteiger partial charge in [0.25, 0.3) is 0 Å². The molecule has 0 radical (unpaired) electrons. The van der Waals surface area contributed by atoms with E-state index in [0.29, 0.717) is 17.8 Å². The zero-order valence-electron chi connectivity index (χ0n) is 17.7. The predicted octanol–water partition coefficient (Wildman–Crippen LogP) is 4.32. The molecule has 4 atom stereocenters. The molecule has 31 heavy (non-hydrogen) atoms. The van der Waals surface area contributed by atoms with Crippen LogP contribution in [0, 0.1) is 11.8 Å². The third kappa shape index (κ3) is 3.41. The van der Waals surface area contributed by atoms with Crippen molar-refractivity contribution in [2.24, 2.45) is 11.8 Å². The molecule has 1 aliphatic carbocycles. The van der Waals surface area contributed by atoms with Gasteiger partial charge in [-0.3, -0.25) is 4.90 Å². The molecule has 6 rings (SSSR count). The Morgan fingerprint density at radius 1 is 1.13 bits per heavy atom. The van der Waals surface area contributed by atoms with Gasteiger partial charge in [-0.25, -0.2) is 4.98 Å². The Labute approximate surface area is 187 Å². The highest BCUT2D eigenvalue weighted by Gasteiger charge is 2.43. The number of ether oxygens (including phenoxy) is 2. The lowest BCUT2D eigenvalue weighted by Gasteiger charge is -2.24. The summed E-state index contributed by atoms with van der Waals surface area (Å²) in [5.74, 6) is 2.80. The Morgan fingerprint density at radius 3 is 2.71 bits per heavy atom. The van der Waals surface area contributed by atoms with Gasteiger partial charge in [-0.05, 0) is 60.8 Å². The molecule has 4 heterocycles. The lowest BCUT2D eigenvalue weighted by atomic mass is 9.94. The van der Waals surface area contributed by atoms with Crippen molar-refractivity contribution in [2.45, 2.75) is 31.2 Å². The summed E-state index contributed by atoms with van der Waals surface area (Å²) in [5.41, 5.74) is 4.18. The van der Waals surface area contributed by atoms with E-state index < -0.39 is 0 Å². The number of rotatable bonds is 4. The van der Waals surface area contributed by atoms with E-state index in [-0.39, 0.29) is 0 Å². The predicted molar refractivity (Wildman–Crippen MR) is 121 cm³/mol. The maximum absolute atomic E-state index is 6.41. The molecule has 7 heteroatoms. The molecule has 2 saturated heterocycles. The maximum atomic E-state index is 6.41. The number of nitrogens with zero attached hydrogens (tertiary/aromatic N) is 4. The van der Waals surface area contributed by atoms with Crippen molar-refractivity contribution in [3.63, 3.8) is 0 Å². The number of benzene rings is 1. The first-order valence-electron chi connectivity index (χ1n) is 11.2. The van der Waals surface area contributed by atoms with Gasteiger partial charge in [0.05, 0.1) is 19.2 Å². The van der Waals surface area contributed by atoms with Crippen molar-refractivity contribution < 1.29 is 9.47 Å². The maximum Gasteiger partial charge on any atom is 0.213 e. The van der Waals surface area contributed by atoms with E-state index in [2.05, 4.69) is 33.2 Å². The molecule has 0 amide bonds. The Hall–Kier alpha value is -2.15. The average molecular weight is 439 g/mol. The van der Waals surface area contributed by atoms with Crippen LogP contribution in [0.3, 0.4) is 0 Å². The van der Waals surface area contributed by atoms with Crippen LogP contribution in [-0.4, -0.2) is 58.6 Å². The second-order valence-electron chi connectivity index (χ2n) is 9.23. The number of likely N-dealkylation sites (tertiary alicyclic amines) is 1. The number of pyridine rings is 1. The van der Waals surface area contributed by atoms with Crippen LogP contribution >= 0.6 is 11.8 Å². The van der Waals surface area contributed by atoms with Crippen molar-refractivity contribution >= 4 is 22.7 Å². The number of hydrogen-bond donors (Lipinski definition) is 0. The topological polar surface area (TPSA) is 52.4 Å². The second kappa shape index (κ2) is 7.76. The Bertz CT molecular complexity index is 1100. The van der Waals surface area contributed by atoms with Gasteiger partial charge in [-0.15, -0.1) is 0 Å². The molecule has 3 aliphatic rings. The van der Waals surface area contributed by atoms with Crippen LogP contribution in [0.15, 0.2) is 36.5 Å². The lowest BCUT2D eigenvalue weighted by molar-refractivity contribution is 0.153. The standard InChI is InChI=1S/C24H27ClN4O2/c1-30-23-11-16(4-6-26-23)24-21-10-15(2-3-22(21)29(25)27-24)17-8-18-12-28(13-19(18)9-17)20-5-7-31-14-20/h2-4,6,10-11,17-20H,5,7-9,12-14H2,1H3/t17?,18-,19+,20?. The molecule has 3 fully saturated rings. The van der Waals surface area contributed by atoms with Gasteiger partial charge in [0.2, 0.25) is 5.88 Å². The summed E-state index contributed by atoms with van der Waals surface area (Å²) in [6.45, 7) is 4.32. The SMILES string of the molecule is COc1cc(-c2nn(Cl)c3ccc(C4C[C@@H]5CN(C6CCOC6)C[C@@H]5C4)cc23)ccn1. The summed E-state index contributed by atoms with van der Waals surface area (Å²) >= 11 is 6.41. The third-order valence-corrected chi connectivity index (χ3v) is 7.81. The van der Waals surface area contributed by atoms with Gasteiger partial charge in [0.15, 0.2) is 0 Å². The highest BCUT2D eigenvalue weighted by molar-refractivity contribution is 6.19. The van der Waals surface area contributed by atoms with Gasteiger partial charge in [0, 0.05) is 60.7 Å². The van der Waals surface area contributed by atoms with Crippen LogP contribution in [0.25, 0.3) is 22.2 Å². The van der Waals surface area contributed by atoms with E-state index in [1.807, 2.05) is 12.1 Å². The monoisotopic (exact) mass is 438 g/mol. The zero-order valence-corrected chi connectivity index (χ0v) is 18.5. The van der Waals surface area contributed by atoms with E-state index in [4.69, 9.17) is 21.3 Å². The van der Waals surface area contributed by atoms with Gasteiger partial charge >= 0.3 is 0 Å². The highest BCUT2D eigenvalue weighted by atomic mass is 35.5. The third-order valence-electron chi connectivity index (χ3n) is 7.55. The minimum atomic E-state index is 0.576. The molecular weight excluding hydrogens is 412 g/mol. The molecule has 1 aromatic carbocycles. The summed E-state index contributed by atoms with van der Waals surface area (Å²) in [5, 5.41) is 5.68. The molecule has 3 aromatic rings. The minimum Gasteiger partial charge on any atom is -0.481 e. The lowest BCUT2D eigenvalue weighted by Crippen LogP contribution is -2.34. The molecule has 162 valence electrons. The quantitative estimate of drug-likeness (QED) is 0.607. The highest BCUT2D eigenvalue weighted by Crippen LogP contribution is 2.47. The van der Waals surface area contributed by atoms with Crippen LogP contribution < -0.4 is 4.74 Å². The largest absolute Gasteiger partial charge is 0.481 e. The Kier molecular flexibility index (Phi) is 4.89. The van der Waals surface area contributed by atoms with Crippen LogP contribution in [0.1, 0.15) is 30.7 Å². The smallest absolute Gasteiger partial charge is 0.213 e. The molecule has 2 aliphatic heterocycles. The summed E-state index contributed by atoms with van der Waals surface area (Å²) < 4.78 is 12.4. The van der Waals surface area contributed by atoms with Crippen LogP contribution in [0.2, 0.25) is 0 Å². The fourth-order valence-electron chi connectivity index (χ4n) is 5.95. The van der Waals surface area contributed by atoms with Crippen LogP contribution in [0.4, 0.5) is 0 Å². The van der Waals surface area contributed by atoms with E-state index in [9.17, 15) is 0 Å². The molecule has 2 unspecified atom stereocenters. The molecule has 2 aromatic heterocycles. The number of halogens is 1. The number of fused-ring (bicyclic) bond motifs is 2. The molecular formula is C24H27ClN4O2. The van der Waals surface area contributed by atoms with Crippen molar-refractivity contribution in [2.75, 3.05) is 33.4 Å². The van der Waals surface area contributed by atoms with Crippen LogP contribution in [0.5, 0.6) is 5.88 Å². The Morgan fingerprint density at radius 2 is 1.97 bits per heavy atom. The van der Waals surface area contributed by atoms with Crippen LogP contribution in [-0.2, 0) is 4.74 Å². The molecule has 1 saturated carbocycles. The van der Waals surface area contributed by atoms with Gasteiger partial charge in [-0.2, -0.15) is 9.30 Å². The van der Waals surface area contributed by atoms with Gasteiger partial charge in [0.1, 0.15) is 5.69 Å². The number of methoxy groups -OCH3 is 1. The van der Waals surface area contributed by atoms with E-state index in [1.54, 1.807) is 13.3 Å². The van der Waals surface area contributed by atoms with E-state index in [1.165, 1.54) is 42.1 Å². The van der Waals surface area contributed by atoms with Gasteiger partial charge in [-0.1, -0.05) is 6.07 Å². The first kappa shape index (κ1) is 19.5. The second-order valence-corrected chi connectivity index (χ2v) is 9.55. The number of aromatic nitrogens is 3. The fraction of sp³-hybridized carbons (Fsp3) is 0.500. The molecule has 0 bridgehead atoms. The Balaban J connectivity index is 1.27. The summed E-state index contributed by atoms with van der Waals surface area (Å²) in [6, 6.07) is 11.2. The molecule has 0 N–H and O–H groups in total. The first-order chi connectivity index (χ1) is 15.2. The van der Waals surface area contributed by atoms with Crippen molar-refractivity contribution in [1.82, 2.24) is 19.2 Å². The first-order valence-corrected chi connectivity index (χ1v) is 11.5.